The summed E-state index contributed by atoms with van der Waals surface area (Å²) in [5.41, 5.74) is 0. The van der Waals surface area contributed by atoms with Crippen molar-refractivity contribution in [1.82, 2.24) is 4.90 Å². The van der Waals surface area contributed by atoms with E-state index in [0.29, 0.717) is 13.2 Å². The molecule has 2 aliphatic rings. The van der Waals surface area contributed by atoms with E-state index in [9.17, 15) is 9.90 Å². The lowest BCUT2D eigenvalue weighted by atomic mass is 10.0. The Balaban J connectivity index is 1.88. The third-order valence-electron chi connectivity index (χ3n) is 3.16. The average Bonchev–Trinajstić information content (AvgIpc) is 2.29. The van der Waals surface area contributed by atoms with E-state index < -0.39 is 0 Å². The van der Waals surface area contributed by atoms with Crippen molar-refractivity contribution in [3.05, 3.63) is 0 Å². The number of piperidine rings is 1. The Morgan fingerprint density at radius 2 is 2.13 bits per heavy atom. The van der Waals surface area contributed by atoms with E-state index in [2.05, 4.69) is 0 Å². The van der Waals surface area contributed by atoms with Crippen LogP contribution in [0.25, 0.3) is 0 Å². The molecule has 0 bridgehead atoms. The van der Waals surface area contributed by atoms with E-state index in [1.807, 2.05) is 0 Å². The molecule has 2 heterocycles. The summed E-state index contributed by atoms with van der Waals surface area (Å²) in [5.74, 6) is 0.0773. The summed E-state index contributed by atoms with van der Waals surface area (Å²) in [6.45, 7) is 1.96. The summed E-state index contributed by atoms with van der Waals surface area (Å²) in [6.07, 6.45) is 4.11. The second kappa shape index (κ2) is 4.94. The highest BCUT2D eigenvalue weighted by molar-refractivity contribution is 5.81. The maximum absolute atomic E-state index is 12.0. The number of amides is 1. The fourth-order valence-electron chi connectivity index (χ4n) is 2.29. The van der Waals surface area contributed by atoms with Gasteiger partial charge in [0.15, 0.2) is 0 Å². The molecule has 86 valence electrons. The zero-order chi connectivity index (χ0) is 10.7. The van der Waals surface area contributed by atoms with Crippen molar-refractivity contribution in [2.24, 2.45) is 0 Å². The minimum absolute atomic E-state index is 0.0773. The molecule has 2 saturated heterocycles. The lowest BCUT2D eigenvalue weighted by molar-refractivity contribution is -0.149. The van der Waals surface area contributed by atoms with Gasteiger partial charge in [-0.15, -0.1) is 0 Å². The van der Waals surface area contributed by atoms with Crippen LogP contribution >= 0.6 is 0 Å². The largest absolute Gasteiger partial charge is 0.391 e. The molecule has 4 nitrogen and oxygen atoms in total. The predicted octanol–water partition coefficient (Wildman–Crippen LogP) is 0.539. The van der Waals surface area contributed by atoms with Crippen LogP contribution in [0.5, 0.6) is 0 Å². The Labute approximate surface area is 90.2 Å². The molecule has 2 unspecified atom stereocenters. The van der Waals surface area contributed by atoms with Crippen LogP contribution in [0.1, 0.15) is 32.1 Å². The predicted molar refractivity (Wildman–Crippen MR) is 55.4 cm³/mol. The van der Waals surface area contributed by atoms with E-state index in [1.54, 1.807) is 4.90 Å². The van der Waals surface area contributed by atoms with Crippen molar-refractivity contribution >= 4 is 5.91 Å². The Morgan fingerprint density at radius 1 is 1.27 bits per heavy atom. The number of hydrogen-bond acceptors (Lipinski definition) is 3. The number of nitrogens with zero attached hydrogens (tertiary/aromatic N) is 1. The summed E-state index contributed by atoms with van der Waals surface area (Å²) >= 11 is 0. The Hall–Kier alpha value is -0.610. The van der Waals surface area contributed by atoms with Gasteiger partial charge < -0.3 is 14.7 Å². The van der Waals surface area contributed by atoms with E-state index in [1.165, 1.54) is 0 Å². The molecule has 1 N–H and O–H groups in total. The molecule has 0 aromatic carbocycles. The fourth-order valence-corrected chi connectivity index (χ4v) is 2.29. The topological polar surface area (TPSA) is 49.8 Å². The molecule has 0 aromatic rings. The molecule has 4 heteroatoms. The standard InChI is InChI=1S/C11H19NO3/c13-9-4-3-6-12(8-9)11(14)10-5-1-2-7-15-10/h9-10,13H,1-8H2. The maximum Gasteiger partial charge on any atom is 0.251 e. The van der Waals surface area contributed by atoms with Gasteiger partial charge in [0.05, 0.1) is 6.10 Å². The first-order valence-corrected chi connectivity index (χ1v) is 5.86. The second-order valence-corrected chi connectivity index (χ2v) is 4.44. The van der Waals surface area contributed by atoms with Gasteiger partial charge in [0.25, 0.3) is 5.91 Å². The second-order valence-electron chi connectivity index (χ2n) is 4.44. The molecule has 0 aromatic heterocycles. The van der Waals surface area contributed by atoms with Gasteiger partial charge >= 0.3 is 0 Å². The van der Waals surface area contributed by atoms with Crippen LogP contribution in [-0.4, -0.2) is 47.8 Å². The number of aliphatic hydroxyl groups is 1. The number of carbonyl (C=O) groups is 1. The Morgan fingerprint density at radius 3 is 2.80 bits per heavy atom. The third kappa shape index (κ3) is 2.69. The van der Waals surface area contributed by atoms with Gasteiger partial charge in [0.2, 0.25) is 0 Å². The molecule has 15 heavy (non-hydrogen) atoms. The minimum atomic E-state index is -0.341. The molecule has 2 atom stereocenters. The Bertz CT molecular complexity index is 226. The SMILES string of the molecule is O=C(C1CCCCO1)N1CCCC(O)C1. The smallest absolute Gasteiger partial charge is 0.251 e. The third-order valence-corrected chi connectivity index (χ3v) is 3.16. The number of ether oxygens (including phenoxy) is 1. The van der Waals surface area contributed by atoms with Gasteiger partial charge in [-0.2, -0.15) is 0 Å². The lowest BCUT2D eigenvalue weighted by Crippen LogP contribution is -2.48. The van der Waals surface area contributed by atoms with Crippen molar-refractivity contribution in [1.29, 1.82) is 0 Å². The quantitative estimate of drug-likeness (QED) is 0.691. The van der Waals surface area contributed by atoms with Gasteiger partial charge in [-0.25, -0.2) is 0 Å². The van der Waals surface area contributed by atoms with Crippen LogP contribution in [0.4, 0.5) is 0 Å². The molecule has 2 aliphatic heterocycles. The zero-order valence-corrected chi connectivity index (χ0v) is 9.02. The summed E-state index contributed by atoms with van der Waals surface area (Å²) in [4.78, 5) is 13.7. The highest BCUT2D eigenvalue weighted by Gasteiger charge is 2.29. The normalized spacial score (nSPS) is 32.7. The first-order valence-electron chi connectivity index (χ1n) is 5.86. The van der Waals surface area contributed by atoms with Crippen molar-refractivity contribution in [3.63, 3.8) is 0 Å². The molecular weight excluding hydrogens is 194 g/mol. The van der Waals surface area contributed by atoms with Gasteiger partial charge in [-0.05, 0) is 32.1 Å². The molecular formula is C11H19NO3. The van der Waals surface area contributed by atoms with Gasteiger partial charge in [-0.1, -0.05) is 0 Å². The molecule has 0 spiro atoms. The number of aliphatic hydroxyl groups excluding tert-OH is 1. The van der Waals surface area contributed by atoms with Crippen LogP contribution in [-0.2, 0) is 9.53 Å². The van der Waals surface area contributed by atoms with Gasteiger partial charge in [0.1, 0.15) is 6.10 Å². The fraction of sp³-hybridized carbons (Fsp3) is 0.909. The molecule has 0 aliphatic carbocycles. The summed E-state index contributed by atoms with van der Waals surface area (Å²) in [7, 11) is 0. The minimum Gasteiger partial charge on any atom is -0.391 e. The molecule has 0 saturated carbocycles. The van der Waals surface area contributed by atoms with E-state index >= 15 is 0 Å². The van der Waals surface area contributed by atoms with Crippen LogP contribution in [0.2, 0.25) is 0 Å². The number of β-amino-alcohol motifs (C(OH)–C–C–N with tert-alkyl or cyclic N) is 1. The van der Waals surface area contributed by atoms with E-state index in [-0.39, 0.29) is 18.1 Å². The monoisotopic (exact) mass is 213 g/mol. The van der Waals surface area contributed by atoms with Crippen molar-refractivity contribution in [3.8, 4) is 0 Å². The van der Waals surface area contributed by atoms with Crippen LogP contribution < -0.4 is 0 Å². The van der Waals surface area contributed by atoms with Gasteiger partial charge in [-0.3, -0.25) is 4.79 Å². The molecule has 0 radical (unpaired) electrons. The summed E-state index contributed by atoms with van der Waals surface area (Å²) < 4.78 is 5.46. The van der Waals surface area contributed by atoms with Crippen LogP contribution in [0.3, 0.4) is 0 Å². The molecule has 2 fully saturated rings. The summed E-state index contributed by atoms with van der Waals surface area (Å²) in [5, 5.41) is 9.49. The molecule has 2 rings (SSSR count). The number of carbonyl (C=O) groups excluding carboxylic acids is 1. The van der Waals surface area contributed by atoms with Crippen LogP contribution in [0.15, 0.2) is 0 Å². The number of rotatable bonds is 1. The lowest BCUT2D eigenvalue weighted by Gasteiger charge is -2.33. The van der Waals surface area contributed by atoms with Crippen molar-refractivity contribution in [2.75, 3.05) is 19.7 Å². The first kappa shape index (κ1) is 10.9. The maximum atomic E-state index is 12.0. The highest BCUT2D eigenvalue weighted by atomic mass is 16.5. The number of likely N-dealkylation sites (tertiary alicyclic amines) is 1. The van der Waals surface area contributed by atoms with Crippen LogP contribution in [0, 0.1) is 0 Å². The zero-order valence-electron chi connectivity index (χ0n) is 9.02. The number of hydrogen-bond donors (Lipinski definition) is 1. The average molecular weight is 213 g/mol. The Kier molecular flexibility index (Phi) is 3.59. The highest BCUT2D eigenvalue weighted by Crippen LogP contribution is 2.18. The van der Waals surface area contributed by atoms with Gasteiger partial charge in [0, 0.05) is 19.7 Å². The molecule has 1 amide bonds. The van der Waals surface area contributed by atoms with Crippen molar-refractivity contribution < 1.29 is 14.6 Å². The summed E-state index contributed by atoms with van der Waals surface area (Å²) in [6, 6.07) is 0. The van der Waals surface area contributed by atoms with Crippen molar-refractivity contribution in [2.45, 2.75) is 44.3 Å². The van der Waals surface area contributed by atoms with E-state index in [0.717, 1.165) is 38.6 Å². The van der Waals surface area contributed by atoms with E-state index in [4.69, 9.17) is 4.74 Å². The first-order chi connectivity index (χ1) is 7.27.